The Morgan fingerprint density at radius 3 is 2.48 bits per heavy atom. The quantitative estimate of drug-likeness (QED) is 0.419. The van der Waals surface area contributed by atoms with Crippen molar-refractivity contribution in [3.8, 4) is 0 Å². The van der Waals surface area contributed by atoms with Crippen LogP contribution in [0.4, 0.5) is 5.69 Å². The van der Waals surface area contributed by atoms with Gasteiger partial charge in [-0.05, 0) is 54.4 Å². The van der Waals surface area contributed by atoms with Crippen molar-refractivity contribution >= 4 is 32.5 Å². The third-order valence-electron chi connectivity index (χ3n) is 4.59. The van der Waals surface area contributed by atoms with Gasteiger partial charge in [-0.25, -0.2) is 13.2 Å². The van der Waals surface area contributed by atoms with Gasteiger partial charge in [0.15, 0.2) is 0 Å². The van der Waals surface area contributed by atoms with Crippen LogP contribution in [0.5, 0.6) is 0 Å². The van der Waals surface area contributed by atoms with Crippen LogP contribution in [-0.4, -0.2) is 27.5 Å². The molecule has 29 heavy (non-hydrogen) atoms. The van der Waals surface area contributed by atoms with E-state index in [1.807, 2.05) is 24.3 Å². The number of hydrogen-bond acceptors (Lipinski definition) is 4. The molecular formula is C23H23NO4S. The fraction of sp³-hybridized carbons (Fsp3) is 0.174. The summed E-state index contributed by atoms with van der Waals surface area (Å²) in [5, 5.41) is 1.80. The van der Waals surface area contributed by atoms with Gasteiger partial charge in [0.2, 0.25) is 0 Å². The third-order valence-corrected chi connectivity index (χ3v) is 6.37. The molecule has 0 atom stereocenters. The molecule has 5 nitrogen and oxygen atoms in total. The number of carbonyl (C=O) groups excluding carboxylic acids is 1. The number of esters is 1. The monoisotopic (exact) mass is 409 g/mol. The lowest BCUT2D eigenvalue weighted by Crippen LogP contribution is -2.32. The molecule has 3 aromatic carbocycles. The summed E-state index contributed by atoms with van der Waals surface area (Å²) in [6.07, 6.45) is 1.52. The average molecular weight is 410 g/mol. The molecule has 0 aromatic heterocycles. The summed E-state index contributed by atoms with van der Waals surface area (Å²) in [5.41, 5.74) is 1.45. The zero-order valence-electron chi connectivity index (χ0n) is 16.5. The van der Waals surface area contributed by atoms with Crippen molar-refractivity contribution in [3.05, 3.63) is 84.4 Å². The van der Waals surface area contributed by atoms with Gasteiger partial charge < -0.3 is 4.74 Å². The van der Waals surface area contributed by atoms with E-state index in [4.69, 9.17) is 4.74 Å². The van der Waals surface area contributed by atoms with E-state index in [9.17, 15) is 13.2 Å². The minimum Gasteiger partial charge on any atom is -0.462 e. The summed E-state index contributed by atoms with van der Waals surface area (Å²) in [5.74, 6) is -0.490. The van der Waals surface area contributed by atoms with Crippen LogP contribution in [0.3, 0.4) is 0 Å². The highest BCUT2D eigenvalue weighted by Crippen LogP contribution is 2.29. The molecule has 150 valence electrons. The first-order valence-electron chi connectivity index (χ1n) is 9.28. The molecule has 3 aromatic rings. The van der Waals surface area contributed by atoms with Crippen LogP contribution in [0.2, 0.25) is 0 Å². The van der Waals surface area contributed by atoms with Crippen LogP contribution in [0.1, 0.15) is 22.8 Å². The number of nitrogens with zero attached hydrogens (tertiary/aromatic N) is 1. The normalized spacial score (nSPS) is 11.2. The highest BCUT2D eigenvalue weighted by atomic mass is 32.2. The summed E-state index contributed by atoms with van der Waals surface area (Å²) < 4.78 is 33.3. The highest BCUT2D eigenvalue weighted by molar-refractivity contribution is 7.92. The Morgan fingerprint density at radius 2 is 1.79 bits per heavy atom. The Balaban J connectivity index is 2.12. The number of hydrogen-bond donors (Lipinski definition) is 0. The van der Waals surface area contributed by atoms with Gasteiger partial charge >= 0.3 is 5.97 Å². The summed E-state index contributed by atoms with van der Waals surface area (Å²) in [6.45, 7) is 7.54. The Kier molecular flexibility index (Phi) is 6.03. The first-order chi connectivity index (χ1) is 13.9. The lowest BCUT2D eigenvalue weighted by atomic mass is 10.1. The van der Waals surface area contributed by atoms with Crippen LogP contribution in [0.25, 0.3) is 10.8 Å². The predicted octanol–water partition coefficient (Wildman–Crippen LogP) is 4.71. The molecule has 0 fully saturated rings. The number of sulfonamides is 1. The van der Waals surface area contributed by atoms with E-state index in [0.29, 0.717) is 11.3 Å². The molecule has 0 N–H and O–H groups in total. The zero-order valence-corrected chi connectivity index (χ0v) is 17.3. The lowest BCUT2D eigenvalue weighted by molar-refractivity contribution is 0.0526. The molecule has 6 heteroatoms. The fourth-order valence-electron chi connectivity index (χ4n) is 3.12. The number of rotatable bonds is 7. The molecule has 0 aliphatic heterocycles. The first-order valence-corrected chi connectivity index (χ1v) is 10.7. The number of anilines is 1. The van der Waals surface area contributed by atoms with Crippen molar-refractivity contribution in [2.45, 2.75) is 18.7 Å². The van der Waals surface area contributed by atoms with Gasteiger partial charge in [-0.1, -0.05) is 42.5 Å². The molecule has 0 spiro atoms. The number of aryl methyl sites for hydroxylation is 1. The number of fused-ring (bicyclic) bond motifs is 1. The number of ether oxygens (including phenoxy) is 1. The Labute approximate surface area is 171 Å². The van der Waals surface area contributed by atoms with Gasteiger partial charge in [-0.15, -0.1) is 6.58 Å². The molecule has 0 aliphatic carbocycles. The van der Waals surface area contributed by atoms with Crippen LogP contribution in [0, 0.1) is 6.92 Å². The SMILES string of the molecule is C=CCN(c1cc(C(=O)OCC)ccc1C)S(=O)(=O)c1ccc2ccccc2c1. The second-order valence-electron chi connectivity index (χ2n) is 6.56. The maximum atomic E-state index is 13.5. The second-order valence-corrected chi connectivity index (χ2v) is 8.42. The van der Waals surface area contributed by atoms with E-state index in [1.165, 1.54) is 10.4 Å². The van der Waals surface area contributed by atoms with Gasteiger partial charge in [0.05, 0.1) is 29.3 Å². The zero-order chi connectivity index (χ0) is 21.0. The van der Waals surface area contributed by atoms with Crippen molar-refractivity contribution in [2.75, 3.05) is 17.5 Å². The van der Waals surface area contributed by atoms with Gasteiger partial charge in [-0.2, -0.15) is 0 Å². The molecule has 0 heterocycles. The van der Waals surface area contributed by atoms with Crippen molar-refractivity contribution in [1.82, 2.24) is 0 Å². The third kappa shape index (κ3) is 4.17. The smallest absolute Gasteiger partial charge is 0.338 e. The summed E-state index contributed by atoms with van der Waals surface area (Å²) in [4.78, 5) is 12.3. The summed E-state index contributed by atoms with van der Waals surface area (Å²) in [6, 6.07) is 17.5. The van der Waals surface area contributed by atoms with Crippen molar-refractivity contribution in [1.29, 1.82) is 0 Å². The molecule has 0 bridgehead atoms. The summed E-state index contributed by atoms with van der Waals surface area (Å²) in [7, 11) is -3.88. The first kappa shape index (κ1) is 20.6. The molecule has 0 radical (unpaired) electrons. The van der Waals surface area contributed by atoms with E-state index in [1.54, 1.807) is 50.2 Å². The van der Waals surface area contributed by atoms with Crippen molar-refractivity contribution in [2.24, 2.45) is 0 Å². The molecular weight excluding hydrogens is 386 g/mol. The van der Waals surface area contributed by atoms with Gasteiger partial charge in [0, 0.05) is 0 Å². The van der Waals surface area contributed by atoms with E-state index in [-0.39, 0.29) is 18.0 Å². The molecule has 0 saturated heterocycles. The average Bonchev–Trinajstić information content (AvgIpc) is 2.72. The Bertz CT molecular complexity index is 1170. The van der Waals surface area contributed by atoms with Gasteiger partial charge in [0.25, 0.3) is 10.0 Å². The maximum absolute atomic E-state index is 13.5. The molecule has 0 unspecified atom stereocenters. The number of benzene rings is 3. The predicted molar refractivity (Wildman–Crippen MR) is 116 cm³/mol. The van der Waals surface area contributed by atoms with E-state index >= 15 is 0 Å². The van der Waals surface area contributed by atoms with Crippen LogP contribution in [0.15, 0.2) is 78.2 Å². The minimum absolute atomic E-state index is 0.0717. The summed E-state index contributed by atoms with van der Waals surface area (Å²) >= 11 is 0. The van der Waals surface area contributed by atoms with Gasteiger partial charge in [-0.3, -0.25) is 4.31 Å². The molecule has 3 rings (SSSR count). The highest BCUT2D eigenvalue weighted by Gasteiger charge is 2.26. The molecule has 0 saturated carbocycles. The minimum atomic E-state index is -3.88. The van der Waals surface area contributed by atoms with Crippen LogP contribution >= 0.6 is 0 Å². The van der Waals surface area contributed by atoms with E-state index < -0.39 is 16.0 Å². The fourth-order valence-corrected chi connectivity index (χ4v) is 4.65. The van der Waals surface area contributed by atoms with Gasteiger partial charge in [0.1, 0.15) is 0 Å². The topological polar surface area (TPSA) is 63.7 Å². The lowest BCUT2D eigenvalue weighted by Gasteiger charge is -2.25. The van der Waals surface area contributed by atoms with E-state index in [2.05, 4.69) is 6.58 Å². The van der Waals surface area contributed by atoms with E-state index in [0.717, 1.165) is 16.3 Å². The van der Waals surface area contributed by atoms with Crippen molar-refractivity contribution < 1.29 is 17.9 Å². The van der Waals surface area contributed by atoms with Crippen LogP contribution in [-0.2, 0) is 14.8 Å². The second kappa shape index (κ2) is 8.49. The largest absolute Gasteiger partial charge is 0.462 e. The van der Waals surface area contributed by atoms with Crippen molar-refractivity contribution in [3.63, 3.8) is 0 Å². The maximum Gasteiger partial charge on any atom is 0.338 e. The Hall–Kier alpha value is -3.12. The standard InChI is InChI=1S/C23H23NO4S/c1-4-14-24(22-16-20(11-10-17(22)3)23(25)28-5-2)29(26,27)21-13-12-18-8-6-7-9-19(18)15-21/h4,6-13,15-16H,1,5,14H2,2-3H3. The Morgan fingerprint density at radius 1 is 1.07 bits per heavy atom. The van der Waals surface area contributed by atoms with Crippen LogP contribution < -0.4 is 4.31 Å². The molecule has 0 amide bonds. The molecule has 0 aliphatic rings. The number of carbonyl (C=O) groups is 1.